The fraction of sp³-hybridized carbons (Fsp3) is 0.833. The number of amides is 1. The van der Waals surface area contributed by atoms with Gasteiger partial charge in [0.25, 0.3) is 0 Å². The molecule has 0 unspecified atom stereocenters. The topological polar surface area (TPSA) is 78.9 Å². The third-order valence-electron chi connectivity index (χ3n) is 4.34. The zero-order chi connectivity index (χ0) is 12.6. The van der Waals surface area contributed by atoms with Crippen molar-refractivity contribution in [1.82, 2.24) is 4.90 Å². The van der Waals surface area contributed by atoms with Crippen molar-refractivity contribution in [3.63, 3.8) is 0 Å². The molecule has 2 aliphatic rings. The number of rotatable bonds is 3. The number of nitrogens with two attached hydrogens (primary N) is 1. The number of hydrogen-bond donors (Lipinski definition) is 2. The largest absolute Gasteiger partial charge is 0.409 e. The molecular weight excluding hydrogens is 218 g/mol. The Bertz CT molecular complexity index is 344. The van der Waals surface area contributed by atoms with Gasteiger partial charge in [-0.15, -0.1) is 0 Å². The second-order valence-electron chi connectivity index (χ2n) is 5.58. The van der Waals surface area contributed by atoms with Gasteiger partial charge in [-0.1, -0.05) is 12.1 Å². The van der Waals surface area contributed by atoms with E-state index in [4.69, 9.17) is 10.9 Å². The molecule has 17 heavy (non-hydrogen) atoms. The summed E-state index contributed by atoms with van der Waals surface area (Å²) < 4.78 is 0. The monoisotopic (exact) mass is 239 g/mol. The number of carbonyl (C=O) groups excluding carboxylic acids is 1. The summed E-state index contributed by atoms with van der Waals surface area (Å²) in [5.41, 5.74) is 4.99. The van der Waals surface area contributed by atoms with Gasteiger partial charge < -0.3 is 15.8 Å². The summed E-state index contributed by atoms with van der Waals surface area (Å²) in [7, 11) is 1.83. The van der Waals surface area contributed by atoms with Gasteiger partial charge in [0.05, 0.1) is 0 Å². The van der Waals surface area contributed by atoms with Gasteiger partial charge in [0.2, 0.25) is 5.91 Å². The Morgan fingerprint density at radius 1 is 1.47 bits per heavy atom. The smallest absolute Gasteiger partial charge is 0.236 e. The number of amidine groups is 1. The van der Waals surface area contributed by atoms with Gasteiger partial charge in [0, 0.05) is 13.1 Å². The van der Waals surface area contributed by atoms with E-state index in [1.807, 2.05) is 7.05 Å². The molecule has 0 radical (unpaired) electrons. The highest BCUT2D eigenvalue weighted by molar-refractivity contribution is 6.07. The van der Waals surface area contributed by atoms with Gasteiger partial charge in [0.1, 0.15) is 5.41 Å². The molecule has 0 heterocycles. The number of oxime groups is 1. The van der Waals surface area contributed by atoms with E-state index < -0.39 is 5.41 Å². The van der Waals surface area contributed by atoms with E-state index in [9.17, 15) is 4.79 Å². The maximum Gasteiger partial charge on any atom is 0.236 e. The first-order valence-corrected chi connectivity index (χ1v) is 6.26. The standard InChI is InChI=1S/C12H21N3O2/c1-8-6-12(7-8,10(13)14-17)11(16)15(2)9-4-3-5-9/h8-9,17H,3-7H2,1-2H3,(H2,13,14). The Kier molecular flexibility index (Phi) is 3.02. The van der Waals surface area contributed by atoms with E-state index in [0.717, 1.165) is 12.8 Å². The molecule has 0 aromatic carbocycles. The van der Waals surface area contributed by atoms with Crippen LogP contribution in [0, 0.1) is 11.3 Å². The fourth-order valence-corrected chi connectivity index (χ4v) is 3.00. The summed E-state index contributed by atoms with van der Waals surface area (Å²) in [6.07, 6.45) is 4.72. The van der Waals surface area contributed by atoms with Gasteiger partial charge in [-0.05, 0) is 38.0 Å². The van der Waals surface area contributed by atoms with E-state index in [2.05, 4.69) is 12.1 Å². The number of nitrogens with zero attached hydrogens (tertiary/aromatic N) is 2. The number of carbonyl (C=O) groups is 1. The summed E-state index contributed by atoms with van der Waals surface area (Å²) in [5, 5.41) is 11.9. The van der Waals surface area contributed by atoms with Gasteiger partial charge in [-0.2, -0.15) is 0 Å². The van der Waals surface area contributed by atoms with Crippen LogP contribution in [0.4, 0.5) is 0 Å². The molecule has 1 amide bonds. The highest BCUT2D eigenvalue weighted by Crippen LogP contribution is 2.47. The minimum absolute atomic E-state index is 0.0237. The van der Waals surface area contributed by atoms with Gasteiger partial charge >= 0.3 is 0 Å². The van der Waals surface area contributed by atoms with Crippen LogP contribution in [-0.4, -0.2) is 34.9 Å². The van der Waals surface area contributed by atoms with Crippen LogP contribution in [0.15, 0.2) is 5.16 Å². The molecule has 2 aliphatic carbocycles. The third kappa shape index (κ3) is 1.77. The molecule has 3 N–H and O–H groups in total. The molecule has 2 rings (SSSR count). The quantitative estimate of drug-likeness (QED) is 0.336. The van der Waals surface area contributed by atoms with Crippen molar-refractivity contribution in [2.24, 2.45) is 22.2 Å². The summed E-state index contributed by atoms with van der Waals surface area (Å²) in [6, 6.07) is 0.349. The van der Waals surface area contributed by atoms with Crippen molar-refractivity contribution in [3.8, 4) is 0 Å². The molecule has 0 spiro atoms. The zero-order valence-electron chi connectivity index (χ0n) is 10.5. The summed E-state index contributed by atoms with van der Waals surface area (Å²) >= 11 is 0. The molecule has 0 bridgehead atoms. The first-order chi connectivity index (χ1) is 8.01. The zero-order valence-corrected chi connectivity index (χ0v) is 10.5. The molecular formula is C12H21N3O2. The second-order valence-corrected chi connectivity index (χ2v) is 5.58. The van der Waals surface area contributed by atoms with Gasteiger partial charge in [-0.25, -0.2) is 0 Å². The Labute approximate surface area is 102 Å². The van der Waals surface area contributed by atoms with Crippen LogP contribution in [0.3, 0.4) is 0 Å². The predicted molar refractivity (Wildman–Crippen MR) is 64.6 cm³/mol. The lowest BCUT2D eigenvalue weighted by atomic mass is 9.61. The molecule has 5 nitrogen and oxygen atoms in total. The van der Waals surface area contributed by atoms with Crippen LogP contribution in [0.5, 0.6) is 0 Å². The van der Waals surface area contributed by atoms with E-state index in [1.54, 1.807) is 4.90 Å². The SMILES string of the molecule is CC1CC(C(=O)N(C)C2CCC2)(C(N)=NO)C1. The Morgan fingerprint density at radius 3 is 2.41 bits per heavy atom. The van der Waals surface area contributed by atoms with Crippen molar-refractivity contribution in [3.05, 3.63) is 0 Å². The van der Waals surface area contributed by atoms with Crippen LogP contribution in [-0.2, 0) is 4.79 Å². The molecule has 0 saturated heterocycles. The van der Waals surface area contributed by atoms with Crippen molar-refractivity contribution < 1.29 is 10.0 Å². The lowest BCUT2D eigenvalue weighted by molar-refractivity contribution is -0.146. The first-order valence-electron chi connectivity index (χ1n) is 6.26. The van der Waals surface area contributed by atoms with Crippen molar-refractivity contribution in [1.29, 1.82) is 0 Å². The fourth-order valence-electron chi connectivity index (χ4n) is 3.00. The molecule has 5 heteroatoms. The molecule has 0 aromatic rings. The predicted octanol–water partition coefficient (Wildman–Crippen LogP) is 1.16. The summed E-state index contributed by atoms with van der Waals surface area (Å²) in [4.78, 5) is 14.3. The Morgan fingerprint density at radius 2 is 2.06 bits per heavy atom. The van der Waals surface area contributed by atoms with Crippen LogP contribution in [0.25, 0.3) is 0 Å². The normalized spacial score (nSPS) is 33.8. The highest BCUT2D eigenvalue weighted by atomic mass is 16.4. The molecule has 2 fully saturated rings. The maximum atomic E-state index is 12.5. The van der Waals surface area contributed by atoms with E-state index >= 15 is 0 Å². The van der Waals surface area contributed by atoms with Crippen molar-refractivity contribution >= 4 is 11.7 Å². The third-order valence-corrected chi connectivity index (χ3v) is 4.34. The van der Waals surface area contributed by atoms with Crippen LogP contribution >= 0.6 is 0 Å². The highest BCUT2D eigenvalue weighted by Gasteiger charge is 2.54. The Hall–Kier alpha value is -1.26. The second kappa shape index (κ2) is 4.20. The Balaban J connectivity index is 2.14. The number of hydrogen-bond acceptors (Lipinski definition) is 3. The summed E-state index contributed by atoms with van der Waals surface area (Å²) in [6.45, 7) is 2.08. The first kappa shape index (κ1) is 12.2. The average Bonchev–Trinajstić information content (AvgIpc) is 2.19. The average molecular weight is 239 g/mol. The molecule has 0 aromatic heterocycles. The summed E-state index contributed by atoms with van der Waals surface area (Å²) in [5.74, 6) is 0.566. The van der Waals surface area contributed by atoms with Gasteiger partial charge in [-0.3, -0.25) is 4.79 Å². The maximum absolute atomic E-state index is 12.5. The minimum Gasteiger partial charge on any atom is -0.409 e. The minimum atomic E-state index is -0.738. The van der Waals surface area contributed by atoms with E-state index in [0.29, 0.717) is 24.8 Å². The molecule has 2 saturated carbocycles. The molecule has 0 aliphatic heterocycles. The van der Waals surface area contributed by atoms with E-state index in [1.165, 1.54) is 6.42 Å². The van der Waals surface area contributed by atoms with E-state index in [-0.39, 0.29) is 11.7 Å². The molecule has 96 valence electrons. The van der Waals surface area contributed by atoms with Gasteiger partial charge in [0.15, 0.2) is 5.84 Å². The lowest BCUT2D eigenvalue weighted by Gasteiger charge is -2.48. The van der Waals surface area contributed by atoms with Crippen LogP contribution < -0.4 is 5.73 Å². The van der Waals surface area contributed by atoms with Crippen molar-refractivity contribution in [2.45, 2.75) is 45.1 Å². The molecule has 0 atom stereocenters. The van der Waals surface area contributed by atoms with Crippen LogP contribution in [0.1, 0.15) is 39.0 Å². The lowest BCUT2D eigenvalue weighted by Crippen LogP contribution is -2.59. The van der Waals surface area contributed by atoms with Crippen LogP contribution in [0.2, 0.25) is 0 Å². The van der Waals surface area contributed by atoms with Crippen molar-refractivity contribution in [2.75, 3.05) is 7.05 Å².